The van der Waals surface area contributed by atoms with E-state index >= 15 is 0 Å². The Balaban J connectivity index is 1.27. The molecule has 2 heterocycles. The lowest BCUT2D eigenvalue weighted by molar-refractivity contribution is -0.0217. The second-order valence-corrected chi connectivity index (χ2v) is 11.0. The Morgan fingerprint density at radius 1 is 0.973 bits per heavy atom. The molecule has 4 aromatic rings. The molecular weight excluding hydrogens is 486 g/mol. The van der Waals surface area contributed by atoms with Crippen LogP contribution in [0.15, 0.2) is 90.0 Å². The number of amides is 1. The smallest absolute Gasteiger partial charge is 0.264 e. The number of likely N-dealkylation sites (tertiary alicyclic amines) is 1. The molecule has 8 heteroatoms. The van der Waals surface area contributed by atoms with E-state index in [1.165, 1.54) is 6.07 Å². The average Bonchev–Trinajstić information content (AvgIpc) is 2.93. The number of benzene rings is 3. The van der Waals surface area contributed by atoms with Crippen molar-refractivity contribution in [3.8, 4) is 0 Å². The first-order valence-electron chi connectivity index (χ1n) is 12.4. The van der Waals surface area contributed by atoms with Crippen LogP contribution in [0.4, 0.5) is 5.69 Å². The van der Waals surface area contributed by atoms with Gasteiger partial charge >= 0.3 is 0 Å². The van der Waals surface area contributed by atoms with E-state index in [-0.39, 0.29) is 10.8 Å². The quantitative estimate of drug-likeness (QED) is 0.387. The topological polar surface area (TPSA) is 99.6 Å². The van der Waals surface area contributed by atoms with Crippen molar-refractivity contribution in [2.24, 2.45) is 0 Å². The number of pyridine rings is 1. The molecule has 0 saturated carbocycles. The fraction of sp³-hybridized carbons (Fsp3) is 0.241. The van der Waals surface area contributed by atoms with Gasteiger partial charge in [0.2, 0.25) is 0 Å². The zero-order valence-electron chi connectivity index (χ0n) is 20.6. The Bertz CT molecular complexity index is 1540. The highest BCUT2D eigenvalue weighted by Gasteiger charge is 2.36. The van der Waals surface area contributed by atoms with Gasteiger partial charge in [-0.2, -0.15) is 0 Å². The number of carbonyl (C=O) groups is 1. The molecule has 0 radical (unpaired) electrons. The number of nitrogens with zero attached hydrogens (tertiary/aromatic N) is 2. The predicted molar refractivity (Wildman–Crippen MR) is 144 cm³/mol. The lowest BCUT2D eigenvalue weighted by Gasteiger charge is -2.39. The van der Waals surface area contributed by atoms with Crippen LogP contribution in [0.2, 0.25) is 0 Å². The van der Waals surface area contributed by atoms with E-state index < -0.39 is 15.6 Å². The Hall–Kier alpha value is -3.75. The summed E-state index contributed by atoms with van der Waals surface area (Å²) >= 11 is 0. The molecule has 3 aromatic carbocycles. The number of piperidine rings is 1. The summed E-state index contributed by atoms with van der Waals surface area (Å²) in [6.07, 6.45) is 3.33. The first-order valence-corrected chi connectivity index (χ1v) is 13.9. The maximum atomic E-state index is 13.1. The highest BCUT2D eigenvalue weighted by Crippen LogP contribution is 2.35. The zero-order valence-corrected chi connectivity index (χ0v) is 21.4. The third-order valence-electron chi connectivity index (χ3n) is 7.05. The number of aryl methyl sites for hydroxylation is 1. The minimum absolute atomic E-state index is 0.0937. The number of hydrogen-bond donors (Lipinski definition) is 2. The molecule has 0 aliphatic carbocycles. The van der Waals surface area contributed by atoms with E-state index in [2.05, 4.69) is 16.6 Å². The summed E-state index contributed by atoms with van der Waals surface area (Å²) in [6, 6.07) is 22.9. The SMILES string of the molecule is CCc1ccccc1C1(O)CCN(C(=O)c2ccc(NS(=O)(=O)c3cccc4cccnc34)cc2)CC1. The van der Waals surface area contributed by atoms with Crippen LogP contribution < -0.4 is 4.72 Å². The number of para-hydroxylation sites is 1. The molecule has 1 aliphatic rings. The molecule has 0 atom stereocenters. The average molecular weight is 516 g/mol. The van der Waals surface area contributed by atoms with Gasteiger partial charge < -0.3 is 10.0 Å². The molecular formula is C29H29N3O4S. The summed E-state index contributed by atoms with van der Waals surface area (Å²) in [5.74, 6) is -0.140. The van der Waals surface area contributed by atoms with Crippen LogP contribution >= 0.6 is 0 Å². The monoisotopic (exact) mass is 515 g/mol. The van der Waals surface area contributed by atoms with Crippen molar-refractivity contribution in [1.82, 2.24) is 9.88 Å². The van der Waals surface area contributed by atoms with Crippen LogP contribution in [0.5, 0.6) is 0 Å². The van der Waals surface area contributed by atoms with E-state index in [1.807, 2.05) is 36.4 Å². The molecule has 0 unspecified atom stereocenters. The summed E-state index contributed by atoms with van der Waals surface area (Å²) in [7, 11) is -3.87. The largest absolute Gasteiger partial charge is 0.385 e. The van der Waals surface area contributed by atoms with Crippen molar-refractivity contribution in [3.63, 3.8) is 0 Å². The lowest BCUT2D eigenvalue weighted by Crippen LogP contribution is -2.45. The molecule has 1 aromatic heterocycles. The third kappa shape index (κ3) is 4.95. The maximum absolute atomic E-state index is 13.1. The number of aliphatic hydroxyl groups is 1. The normalized spacial score (nSPS) is 15.5. The van der Waals surface area contributed by atoms with E-state index in [9.17, 15) is 18.3 Å². The van der Waals surface area contributed by atoms with Crippen LogP contribution in [0, 0.1) is 0 Å². The Labute approximate surface area is 216 Å². The summed E-state index contributed by atoms with van der Waals surface area (Å²) in [4.78, 5) is 19.2. The summed E-state index contributed by atoms with van der Waals surface area (Å²) in [5.41, 5.74) is 2.35. The van der Waals surface area contributed by atoms with Crippen molar-refractivity contribution < 1.29 is 18.3 Å². The molecule has 7 nitrogen and oxygen atoms in total. The minimum atomic E-state index is -3.87. The fourth-order valence-corrected chi connectivity index (χ4v) is 6.24. The number of hydrogen-bond acceptors (Lipinski definition) is 5. The summed E-state index contributed by atoms with van der Waals surface area (Å²) in [5, 5.41) is 12.1. The van der Waals surface area contributed by atoms with E-state index in [0.717, 1.165) is 22.9 Å². The van der Waals surface area contributed by atoms with Gasteiger partial charge in [0.05, 0.1) is 11.1 Å². The molecule has 1 saturated heterocycles. The zero-order chi connectivity index (χ0) is 26.0. The third-order valence-corrected chi connectivity index (χ3v) is 8.46. The number of anilines is 1. The highest BCUT2D eigenvalue weighted by molar-refractivity contribution is 7.93. The van der Waals surface area contributed by atoms with E-state index in [4.69, 9.17) is 0 Å². The highest BCUT2D eigenvalue weighted by atomic mass is 32.2. The van der Waals surface area contributed by atoms with E-state index in [1.54, 1.807) is 47.5 Å². The van der Waals surface area contributed by atoms with Crippen molar-refractivity contribution in [2.75, 3.05) is 17.8 Å². The maximum Gasteiger partial charge on any atom is 0.264 e. The molecule has 1 amide bonds. The second kappa shape index (κ2) is 9.95. The van der Waals surface area contributed by atoms with Crippen LogP contribution in [0.1, 0.15) is 41.3 Å². The lowest BCUT2D eigenvalue weighted by atomic mass is 9.81. The fourth-order valence-electron chi connectivity index (χ4n) is 5.00. The van der Waals surface area contributed by atoms with Crippen LogP contribution in [-0.4, -0.2) is 42.4 Å². The summed E-state index contributed by atoms with van der Waals surface area (Å²) < 4.78 is 28.7. The Morgan fingerprint density at radius 3 is 2.41 bits per heavy atom. The number of carbonyl (C=O) groups excluding carboxylic acids is 1. The van der Waals surface area contributed by atoms with Gasteiger partial charge in [-0.3, -0.25) is 14.5 Å². The first kappa shape index (κ1) is 24.9. The number of fused-ring (bicyclic) bond motifs is 1. The van der Waals surface area contributed by atoms with E-state index in [0.29, 0.717) is 42.7 Å². The van der Waals surface area contributed by atoms with Crippen molar-refractivity contribution in [3.05, 3.63) is 102 Å². The van der Waals surface area contributed by atoms with Gasteiger partial charge in [0, 0.05) is 35.9 Å². The van der Waals surface area contributed by atoms with Crippen LogP contribution in [0.3, 0.4) is 0 Å². The molecule has 37 heavy (non-hydrogen) atoms. The molecule has 5 rings (SSSR count). The van der Waals surface area contributed by atoms with Gasteiger partial charge in [0.25, 0.3) is 15.9 Å². The number of nitrogens with one attached hydrogen (secondary N) is 1. The summed E-state index contributed by atoms with van der Waals surface area (Å²) in [6.45, 7) is 2.95. The van der Waals surface area contributed by atoms with Crippen molar-refractivity contribution in [1.29, 1.82) is 0 Å². The minimum Gasteiger partial charge on any atom is -0.385 e. The van der Waals surface area contributed by atoms with Crippen LogP contribution in [0.25, 0.3) is 10.9 Å². The molecule has 1 fully saturated rings. The first-order chi connectivity index (χ1) is 17.8. The number of sulfonamides is 1. The van der Waals surface area contributed by atoms with Gasteiger partial charge in [-0.1, -0.05) is 49.4 Å². The van der Waals surface area contributed by atoms with Crippen molar-refractivity contribution >= 4 is 32.5 Å². The standard InChI is InChI=1S/C29H29N3O4S/c1-2-21-7-3-4-10-25(21)29(34)16-19-32(20-17-29)28(33)23-12-14-24(15-13-23)31-37(35,36)26-11-5-8-22-9-6-18-30-27(22)26/h3-15,18,31,34H,2,16-17,19-20H2,1H3. The van der Waals surface area contributed by atoms with Gasteiger partial charge in [-0.25, -0.2) is 8.42 Å². The Morgan fingerprint density at radius 2 is 1.68 bits per heavy atom. The Kier molecular flexibility index (Phi) is 6.70. The molecule has 0 bridgehead atoms. The number of rotatable bonds is 6. The van der Waals surface area contributed by atoms with Gasteiger partial charge in [0.1, 0.15) is 4.90 Å². The van der Waals surface area contributed by atoms with Gasteiger partial charge in [-0.15, -0.1) is 0 Å². The predicted octanol–water partition coefficient (Wildman–Crippen LogP) is 4.72. The molecule has 190 valence electrons. The molecule has 1 aliphatic heterocycles. The van der Waals surface area contributed by atoms with Gasteiger partial charge in [0.15, 0.2) is 0 Å². The van der Waals surface area contributed by atoms with Crippen LogP contribution in [-0.2, 0) is 22.0 Å². The number of aromatic nitrogens is 1. The molecule has 0 spiro atoms. The molecule has 2 N–H and O–H groups in total. The second-order valence-electron chi connectivity index (χ2n) is 9.35. The van der Waals surface area contributed by atoms with Crippen molar-refractivity contribution in [2.45, 2.75) is 36.7 Å². The van der Waals surface area contributed by atoms with Gasteiger partial charge in [-0.05, 0) is 66.8 Å².